The van der Waals surface area contributed by atoms with E-state index in [1.54, 1.807) is 18.2 Å². The zero-order valence-corrected chi connectivity index (χ0v) is 16.2. The molecule has 5 nitrogen and oxygen atoms in total. The van der Waals surface area contributed by atoms with Gasteiger partial charge in [-0.3, -0.25) is 0 Å². The van der Waals surface area contributed by atoms with E-state index in [1.807, 2.05) is 26.0 Å². The van der Waals surface area contributed by atoms with Crippen LogP contribution in [-0.2, 0) is 27.1 Å². The van der Waals surface area contributed by atoms with Crippen LogP contribution in [0.4, 0.5) is 0 Å². The van der Waals surface area contributed by atoms with Crippen LogP contribution >= 0.6 is 0 Å². The number of rotatable bonds is 6. The number of hydrogen-bond donors (Lipinski definition) is 2. The number of allylic oxidation sites excluding steroid dienone is 2. The molecule has 2 aromatic carbocycles. The molecule has 28 heavy (non-hydrogen) atoms. The molecule has 1 aliphatic heterocycles. The van der Waals surface area contributed by atoms with Crippen molar-refractivity contribution >= 4 is 11.5 Å². The summed E-state index contributed by atoms with van der Waals surface area (Å²) >= 11 is 0. The van der Waals surface area contributed by atoms with Gasteiger partial charge in [-0.25, -0.2) is 4.79 Å². The Kier molecular flexibility index (Phi) is 5.85. The first-order valence-corrected chi connectivity index (χ1v) is 9.09. The molecule has 0 saturated carbocycles. The van der Waals surface area contributed by atoms with Crippen LogP contribution in [0.5, 0.6) is 11.5 Å². The molecule has 1 unspecified atom stereocenters. The summed E-state index contributed by atoms with van der Waals surface area (Å²) in [7, 11) is 1.49. The van der Waals surface area contributed by atoms with Crippen molar-refractivity contribution in [3.63, 3.8) is 0 Å². The van der Waals surface area contributed by atoms with E-state index in [1.165, 1.54) is 24.8 Å². The molecule has 1 atom stereocenters. The molecule has 2 N–H and O–H groups in total. The molecule has 0 bridgehead atoms. The number of hydrogen-bond acceptors (Lipinski definition) is 5. The molecular weight excluding hydrogens is 356 g/mol. The summed E-state index contributed by atoms with van der Waals surface area (Å²) in [4.78, 5) is 12.5. The summed E-state index contributed by atoms with van der Waals surface area (Å²) in [5, 5.41) is 19.7. The Bertz CT molecular complexity index is 934. The maximum absolute atomic E-state index is 12.5. The molecule has 0 fully saturated rings. The molecule has 0 aromatic heterocycles. The number of carbonyl (C=O) groups is 1. The smallest absolute Gasteiger partial charge is 0.341 e. The lowest BCUT2D eigenvalue weighted by Gasteiger charge is -2.13. The number of phenols is 2. The van der Waals surface area contributed by atoms with Crippen LogP contribution in [0.3, 0.4) is 0 Å². The lowest BCUT2D eigenvalue weighted by atomic mass is 9.94. The molecule has 0 saturated heterocycles. The minimum atomic E-state index is -0.758. The van der Waals surface area contributed by atoms with E-state index >= 15 is 0 Å². The van der Waals surface area contributed by atoms with Crippen molar-refractivity contribution < 1.29 is 24.5 Å². The molecule has 3 rings (SSSR count). The topological polar surface area (TPSA) is 76.0 Å². The Hall–Kier alpha value is -3.05. The Balaban J connectivity index is 1.99. The molecule has 2 aromatic rings. The fraction of sp³-hybridized carbons (Fsp3) is 0.261. The molecular formula is C23H24O5. The molecule has 0 radical (unpaired) electrons. The Labute approximate surface area is 164 Å². The SMILES string of the molecule is COC1OC(=O)C(c2ccc(O)cc2)=C1Cc1ccc(O)c(CC=C(C)C)c1. The van der Waals surface area contributed by atoms with Crippen molar-refractivity contribution in [2.75, 3.05) is 7.11 Å². The lowest BCUT2D eigenvalue weighted by Crippen LogP contribution is -2.15. The van der Waals surface area contributed by atoms with Crippen molar-refractivity contribution in [2.45, 2.75) is 33.0 Å². The highest BCUT2D eigenvalue weighted by molar-refractivity contribution is 6.19. The fourth-order valence-corrected chi connectivity index (χ4v) is 3.22. The van der Waals surface area contributed by atoms with Crippen molar-refractivity contribution in [3.05, 3.63) is 76.4 Å². The third-order valence-corrected chi connectivity index (χ3v) is 4.66. The van der Waals surface area contributed by atoms with E-state index < -0.39 is 12.3 Å². The van der Waals surface area contributed by atoms with Gasteiger partial charge in [0.05, 0.1) is 5.57 Å². The van der Waals surface area contributed by atoms with E-state index in [4.69, 9.17) is 9.47 Å². The first-order chi connectivity index (χ1) is 13.4. The monoisotopic (exact) mass is 380 g/mol. The van der Waals surface area contributed by atoms with Crippen molar-refractivity contribution in [3.8, 4) is 11.5 Å². The number of cyclic esters (lactones) is 1. The summed E-state index contributed by atoms with van der Waals surface area (Å²) < 4.78 is 10.7. The molecule has 146 valence electrons. The Morgan fingerprint density at radius 3 is 2.50 bits per heavy atom. The number of carbonyl (C=O) groups excluding carboxylic acids is 1. The summed E-state index contributed by atoms with van der Waals surface area (Å²) in [6.07, 6.45) is 2.38. The fourth-order valence-electron chi connectivity index (χ4n) is 3.22. The van der Waals surface area contributed by atoms with Crippen LogP contribution in [0.1, 0.15) is 30.5 Å². The van der Waals surface area contributed by atoms with Crippen LogP contribution < -0.4 is 0 Å². The Morgan fingerprint density at radius 2 is 1.86 bits per heavy atom. The lowest BCUT2D eigenvalue weighted by molar-refractivity contribution is -0.154. The molecule has 0 spiro atoms. The third-order valence-electron chi connectivity index (χ3n) is 4.66. The minimum Gasteiger partial charge on any atom is -0.508 e. The Morgan fingerprint density at radius 1 is 1.14 bits per heavy atom. The van der Waals surface area contributed by atoms with E-state index in [9.17, 15) is 15.0 Å². The summed E-state index contributed by atoms with van der Waals surface area (Å²) in [5.74, 6) is -0.0740. The number of benzene rings is 2. The molecule has 0 aliphatic carbocycles. The second-order valence-electron chi connectivity index (χ2n) is 7.05. The number of aromatic hydroxyl groups is 2. The molecule has 0 amide bonds. The largest absolute Gasteiger partial charge is 0.508 e. The number of esters is 1. The minimum absolute atomic E-state index is 0.128. The van der Waals surface area contributed by atoms with Gasteiger partial charge in [0.1, 0.15) is 11.5 Å². The van der Waals surface area contributed by atoms with Crippen LogP contribution in [0.2, 0.25) is 0 Å². The van der Waals surface area contributed by atoms with Gasteiger partial charge in [-0.15, -0.1) is 0 Å². The number of ether oxygens (including phenoxy) is 2. The summed E-state index contributed by atoms with van der Waals surface area (Å²) in [6, 6.07) is 11.9. The van der Waals surface area contributed by atoms with Gasteiger partial charge >= 0.3 is 5.97 Å². The second-order valence-corrected chi connectivity index (χ2v) is 7.05. The first kappa shape index (κ1) is 19.7. The number of phenolic OH excluding ortho intramolecular Hbond substituents is 2. The average Bonchev–Trinajstić information content (AvgIpc) is 2.98. The van der Waals surface area contributed by atoms with Crippen LogP contribution in [0.25, 0.3) is 5.57 Å². The van der Waals surface area contributed by atoms with Gasteiger partial charge in [0.25, 0.3) is 0 Å². The van der Waals surface area contributed by atoms with Gasteiger partial charge < -0.3 is 19.7 Å². The van der Waals surface area contributed by atoms with E-state index in [0.717, 1.165) is 16.7 Å². The van der Waals surface area contributed by atoms with Crippen molar-refractivity contribution in [2.24, 2.45) is 0 Å². The standard InChI is InChI=1S/C23H24O5/c1-14(2)4-6-17-12-15(5-11-20(17)25)13-19-21(22(26)28-23(19)27-3)16-7-9-18(24)10-8-16/h4-5,7-12,23-25H,6,13H2,1-3H3. The third kappa shape index (κ3) is 4.26. The van der Waals surface area contributed by atoms with E-state index in [0.29, 0.717) is 24.0 Å². The average molecular weight is 380 g/mol. The van der Waals surface area contributed by atoms with Gasteiger partial charge in [0, 0.05) is 19.1 Å². The summed E-state index contributed by atoms with van der Waals surface area (Å²) in [6.45, 7) is 4.03. The molecule has 1 aliphatic rings. The zero-order chi connectivity index (χ0) is 20.3. The van der Waals surface area contributed by atoms with E-state index in [2.05, 4.69) is 6.08 Å². The predicted molar refractivity (Wildman–Crippen MR) is 107 cm³/mol. The van der Waals surface area contributed by atoms with Gasteiger partial charge in [0.15, 0.2) is 0 Å². The highest BCUT2D eigenvalue weighted by Crippen LogP contribution is 2.34. The normalized spacial score (nSPS) is 16.2. The van der Waals surface area contributed by atoms with Gasteiger partial charge in [-0.1, -0.05) is 35.9 Å². The van der Waals surface area contributed by atoms with Crippen LogP contribution in [-0.4, -0.2) is 29.6 Å². The van der Waals surface area contributed by atoms with Gasteiger partial charge in [0.2, 0.25) is 6.29 Å². The quantitative estimate of drug-likeness (QED) is 0.582. The van der Waals surface area contributed by atoms with E-state index in [-0.39, 0.29) is 11.5 Å². The highest BCUT2D eigenvalue weighted by Gasteiger charge is 2.34. The maximum Gasteiger partial charge on any atom is 0.341 e. The summed E-state index contributed by atoms with van der Waals surface area (Å²) in [5.41, 5.74) is 4.78. The highest BCUT2D eigenvalue weighted by atomic mass is 16.7. The molecule has 1 heterocycles. The van der Waals surface area contributed by atoms with Crippen LogP contribution in [0.15, 0.2) is 59.7 Å². The van der Waals surface area contributed by atoms with Crippen LogP contribution in [0, 0.1) is 0 Å². The van der Waals surface area contributed by atoms with Crippen molar-refractivity contribution in [1.29, 1.82) is 0 Å². The van der Waals surface area contributed by atoms with Crippen molar-refractivity contribution in [1.82, 2.24) is 0 Å². The number of methoxy groups -OCH3 is 1. The van der Waals surface area contributed by atoms with Gasteiger partial charge in [-0.2, -0.15) is 0 Å². The second kappa shape index (κ2) is 8.31. The predicted octanol–water partition coefficient (Wildman–Crippen LogP) is 4.13. The molecule has 5 heteroatoms. The zero-order valence-electron chi connectivity index (χ0n) is 16.2. The first-order valence-electron chi connectivity index (χ1n) is 9.09. The van der Waals surface area contributed by atoms with Gasteiger partial charge in [-0.05, 0) is 55.2 Å². The maximum atomic E-state index is 12.5.